The largest absolute Gasteiger partial charge is 0.385 e. The monoisotopic (exact) mass is 424 g/mol. The minimum atomic E-state index is -2.27. The lowest BCUT2D eigenvalue weighted by Crippen LogP contribution is -2.53. The Morgan fingerprint density at radius 2 is 1.74 bits per heavy atom. The molecule has 0 saturated carbocycles. The summed E-state index contributed by atoms with van der Waals surface area (Å²) in [5, 5.41) is 13.9. The van der Waals surface area contributed by atoms with E-state index in [1.165, 1.54) is 45.9 Å². The molecule has 2 aliphatic rings. The first-order valence-corrected chi connectivity index (χ1v) is 14.7. The fourth-order valence-corrected chi connectivity index (χ4v) is 9.43. The molecule has 3 aromatic carbocycles. The highest BCUT2D eigenvalue weighted by Gasteiger charge is 2.53. The van der Waals surface area contributed by atoms with Crippen LogP contribution in [0.2, 0.25) is 13.1 Å². The predicted molar refractivity (Wildman–Crippen MR) is 136 cm³/mol. The molecule has 1 nitrogen and oxygen atoms in total. The zero-order valence-corrected chi connectivity index (χ0v) is 20.0. The number of hydrogen-bond acceptors (Lipinski definition) is 1. The molecule has 0 aliphatic heterocycles. The number of allylic oxidation sites excluding steroid dienone is 2. The van der Waals surface area contributed by atoms with Crippen molar-refractivity contribution in [3.8, 4) is 0 Å². The molecule has 0 radical (unpaired) electrons. The van der Waals surface area contributed by atoms with Crippen LogP contribution >= 0.6 is 0 Å². The Kier molecular flexibility index (Phi) is 4.84. The Hall–Kier alpha value is -2.42. The molecule has 3 aromatic rings. The van der Waals surface area contributed by atoms with Gasteiger partial charge in [-0.2, -0.15) is 0 Å². The van der Waals surface area contributed by atoms with E-state index in [0.717, 1.165) is 5.56 Å². The summed E-state index contributed by atoms with van der Waals surface area (Å²) in [5.74, 6) is 0.547. The predicted octanol–water partition coefficient (Wildman–Crippen LogP) is 7.46. The Morgan fingerprint density at radius 3 is 2.55 bits per heavy atom. The van der Waals surface area contributed by atoms with E-state index in [1.807, 2.05) is 0 Å². The van der Waals surface area contributed by atoms with E-state index in [4.69, 9.17) is 0 Å². The molecule has 0 bridgehead atoms. The molecule has 3 atom stereocenters. The van der Waals surface area contributed by atoms with Gasteiger partial charge in [0, 0.05) is 5.54 Å². The maximum Gasteiger partial charge on any atom is 0.107 e. The van der Waals surface area contributed by atoms with E-state index < -0.39 is 13.3 Å². The molecule has 0 aromatic heterocycles. The summed E-state index contributed by atoms with van der Waals surface area (Å²) < 4.78 is 0. The maximum absolute atomic E-state index is 12.3. The quantitative estimate of drug-likeness (QED) is 0.421. The number of hydrogen-bond donors (Lipinski definition) is 1. The third-order valence-electron chi connectivity index (χ3n) is 7.84. The molecule has 2 heteroatoms. The second-order valence-corrected chi connectivity index (χ2v) is 14.8. The van der Waals surface area contributed by atoms with Crippen molar-refractivity contribution in [1.29, 1.82) is 0 Å². The second kappa shape index (κ2) is 7.32. The van der Waals surface area contributed by atoms with E-state index in [9.17, 15) is 5.11 Å². The summed E-state index contributed by atoms with van der Waals surface area (Å²) in [4.78, 5) is 0. The van der Waals surface area contributed by atoms with Gasteiger partial charge in [0.05, 0.1) is 5.22 Å². The van der Waals surface area contributed by atoms with Crippen LogP contribution in [0.4, 0.5) is 0 Å². The summed E-state index contributed by atoms with van der Waals surface area (Å²) in [5.41, 5.74) is 6.86. The van der Waals surface area contributed by atoms with Crippen molar-refractivity contribution < 1.29 is 5.11 Å². The van der Waals surface area contributed by atoms with Crippen LogP contribution < -0.4 is 0 Å². The summed E-state index contributed by atoms with van der Waals surface area (Å²) >= 11 is 0. The average Bonchev–Trinajstić information content (AvgIpc) is 3.34. The van der Waals surface area contributed by atoms with Crippen LogP contribution in [0.25, 0.3) is 22.4 Å². The maximum atomic E-state index is 12.3. The van der Waals surface area contributed by atoms with E-state index in [2.05, 4.69) is 106 Å². The van der Waals surface area contributed by atoms with E-state index in [1.54, 1.807) is 0 Å². The van der Waals surface area contributed by atoms with Gasteiger partial charge in [-0.25, -0.2) is 0 Å². The van der Waals surface area contributed by atoms with E-state index >= 15 is 0 Å². The van der Waals surface area contributed by atoms with Crippen molar-refractivity contribution >= 4 is 30.5 Å². The second-order valence-electron chi connectivity index (χ2n) is 9.95. The molecule has 31 heavy (non-hydrogen) atoms. The summed E-state index contributed by atoms with van der Waals surface area (Å²) in [7, 11) is -2.27. The van der Waals surface area contributed by atoms with Crippen molar-refractivity contribution in [2.75, 3.05) is 0 Å². The van der Waals surface area contributed by atoms with Crippen LogP contribution in [-0.2, 0) is 5.22 Å². The number of fused-ring (bicyclic) bond motifs is 4. The van der Waals surface area contributed by atoms with Gasteiger partial charge in [0.25, 0.3) is 0 Å². The first-order chi connectivity index (χ1) is 14.9. The molecule has 3 unspecified atom stereocenters. The van der Waals surface area contributed by atoms with Gasteiger partial charge in [0.1, 0.15) is 8.07 Å². The normalized spacial score (nSPS) is 23.0. The minimum Gasteiger partial charge on any atom is -0.385 e. The molecule has 2 aliphatic carbocycles. The average molecular weight is 425 g/mol. The molecule has 0 heterocycles. The summed E-state index contributed by atoms with van der Waals surface area (Å²) in [6.07, 6.45) is 9.17. The minimum absolute atomic E-state index is 0.296. The highest BCUT2D eigenvalue weighted by atomic mass is 28.3. The van der Waals surface area contributed by atoms with Gasteiger partial charge in [0.2, 0.25) is 0 Å². The van der Waals surface area contributed by atoms with Crippen LogP contribution in [0.1, 0.15) is 54.5 Å². The lowest BCUT2D eigenvalue weighted by atomic mass is 9.92. The van der Waals surface area contributed by atoms with Crippen molar-refractivity contribution in [3.63, 3.8) is 0 Å². The van der Waals surface area contributed by atoms with Gasteiger partial charge in [-0.1, -0.05) is 112 Å². The Morgan fingerprint density at radius 1 is 1.00 bits per heavy atom. The van der Waals surface area contributed by atoms with Gasteiger partial charge in [0.15, 0.2) is 0 Å². The molecule has 158 valence electrons. The Balaban J connectivity index is 1.64. The molecule has 0 spiro atoms. The third kappa shape index (κ3) is 2.92. The highest BCUT2D eigenvalue weighted by Crippen LogP contribution is 2.52. The first kappa shape index (κ1) is 20.5. The van der Waals surface area contributed by atoms with E-state index in [-0.39, 0.29) is 0 Å². The fraction of sp³-hybridized carbons (Fsp3) is 0.310. The van der Waals surface area contributed by atoms with Crippen LogP contribution in [-0.4, -0.2) is 13.2 Å². The van der Waals surface area contributed by atoms with Crippen LogP contribution in [0.15, 0.2) is 72.8 Å². The van der Waals surface area contributed by atoms with Gasteiger partial charge >= 0.3 is 0 Å². The van der Waals surface area contributed by atoms with Crippen molar-refractivity contribution in [2.24, 2.45) is 5.92 Å². The lowest BCUT2D eigenvalue weighted by molar-refractivity contribution is 0.168. The van der Waals surface area contributed by atoms with Gasteiger partial charge in [-0.05, 0) is 50.9 Å². The van der Waals surface area contributed by atoms with Crippen molar-refractivity contribution in [1.82, 2.24) is 0 Å². The van der Waals surface area contributed by atoms with E-state index in [0.29, 0.717) is 11.5 Å². The number of aliphatic hydroxyl groups is 1. The zero-order valence-electron chi connectivity index (χ0n) is 19.0. The van der Waals surface area contributed by atoms with Crippen molar-refractivity contribution in [2.45, 2.75) is 50.5 Å². The molecular formula is C29H32OSi. The Bertz CT molecular complexity index is 1220. The van der Waals surface area contributed by atoms with Crippen LogP contribution in [0.5, 0.6) is 0 Å². The lowest BCUT2D eigenvalue weighted by Gasteiger charge is -2.42. The number of rotatable bonds is 5. The fourth-order valence-electron chi connectivity index (χ4n) is 5.91. The molecule has 0 fully saturated rings. The van der Waals surface area contributed by atoms with Crippen LogP contribution in [0.3, 0.4) is 0 Å². The van der Waals surface area contributed by atoms with Gasteiger partial charge in [-0.3, -0.25) is 0 Å². The highest BCUT2D eigenvalue weighted by molar-refractivity contribution is 6.82. The molecule has 5 rings (SSSR count). The topological polar surface area (TPSA) is 20.2 Å². The molecule has 1 N–H and O–H groups in total. The molecule has 0 amide bonds. The Labute approximate surface area is 187 Å². The standard InChI is InChI=1S/C29H32OSi/c1-5-10-20(2)26-19-28(25-14-9-8-13-23(25)26)31(3,4)29(30)18-17-24-22-12-7-6-11-21(22)15-16-27(24)29/h6-9,11-20,28,30H,5,10H2,1-4H3. The molecule has 0 saturated heterocycles. The third-order valence-corrected chi connectivity index (χ3v) is 12.3. The SMILES string of the molecule is CCCC(C)C1=CC([Si](C)(C)C2(O)C=Cc3c2ccc2ccccc32)c2ccccc21. The summed E-state index contributed by atoms with van der Waals surface area (Å²) in [6.45, 7) is 9.36. The van der Waals surface area contributed by atoms with Crippen LogP contribution in [0, 0.1) is 5.92 Å². The number of benzene rings is 3. The smallest absolute Gasteiger partial charge is 0.107 e. The molecular weight excluding hydrogens is 392 g/mol. The summed E-state index contributed by atoms with van der Waals surface area (Å²) in [6, 6.07) is 21.7. The first-order valence-electron chi connectivity index (χ1n) is 11.6. The van der Waals surface area contributed by atoms with Crippen molar-refractivity contribution in [3.05, 3.63) is 95.1 Å². The zero-order chi connectivity index (χ0) is 21.8. The van der Waals surface area contributed by atoms with Gasteiger partial charge < -0.3 is 5.11 Å². The van der Waals surface area contributed by atoms with Gasteiger partial charge in [-0.15, -0.1) is 0 Å².